The molecule has 0 bridgehead atoms. The zero-order valence-corrected chi connectivity index (χ0v) is 8.94. The summed E-state index contributed by atoms with van der Waals surface area (Å²) in [5.41, 5.74) is 0.0847. The second-order valence-corrected chi connectivity index (χ2v) is 4.91. The molecule has 2 N–H and O–H groups in total. The van der Waals surface area contributed by atoms with Gasteiger partial charge in [0.2, 0.25) is 5.91 Å². The van der Waals surface area contributed by atoms with Crippen molar-refractivity contribution in [3.05, 3.63) is 0 Å². The molecule has 1 heterocycles. The van der Waals surface area contributed by atoms with E-state index in [0.717, 1.165) is 32.2 Å². The van der Waals surface area contributed by atoms with Crippen LogP contribution in [0.2, 0.25) is 0 Å². The van der Waals surface area contributed by atoms with Crippen molar-refractivity contribution in [3.8, 4) is 0 Å². The molecule has 1 saturated carbocycles. The van der Waals surface area contributed by atoms with Crippen LogP contribution in [0, 0.1) is 0 Å². The molecule has 1 amide bonds. The minimum absolute atomic E-state index is 0.0763. The molecule has 0 radical (unpaired) electrons. The SMILES string of the molecule is CC1(NC(=O)[C@H]2CCCN2)CCCC1. The van der Waals surface area contributed by atoms with Crippen LogP contribution in [0.3, 0.4) is 0 Å². The Balaban J connectivity index is 1.86. The molecular formula is C11H20N2O. The molecule has 1 aliphatic carbocycles. The molecule has 2 fully saturated rings. The van der Waals surface area contributed by atoms with E-state index in [-0.39, 0.29) is 17.5 Å². The van der Waals surface area contributed by atoms with Crippen molar-refractivity contribution < 1.29 is 4.79 Å². The molecule has 2 aliphatic rings. The van der Waals surface area contributed by atoms with Crippen LogP contribution in [-0.2, 0) is 4.79 Å². The van der Waals surface area contributed by atoms with Gasteiger partial charge >= 0.3 is 0 Å². The van der Waals surface area contributed by atoms with Crippen molar-refractivity contribution in [1.82, 2.24) is 10.6 Å². The van der Waals surface area contributed by atoms with E-state index in [1.807, 2.05) is 0 Å². The maximum absolute atomic E-state index is 11.8. The van der Waals surface area contributed by atoms with Gasteiger partial charge in [0.25, 0.3) is 0 Å². The Morgan fingerprint density at radius 3 is 2.64 bits per heavy atom. The minimum Gasteiger partial charge on any atom is -0.350 e. The molecule has 2 rings (SSSR count). The monoisotopic (exact) mass is 196 g/mol. The zero-order valence-electron chi connectivity index (χ0n) is 8.94. The summed E-state index contributed by atoms with van der Waals surface area (Å²) in [5.74, 6) is 0.215. The topological polar surface area (TPSA) is 41.1 Å². The molecule has 1 saturated heterocycles. The summed E-state index contributed by atoms with van der Waals surface area (Å²) < 4.78 is 0. The van der Waals surface area contributed by atoms with Crippen LogP contribution in [0.4, 0.5) is 0 Å². The summed E-state index contributed by atoms with van der Waals surface area (Å²) in [6.07, 6.45) is 6.94. The number of carbonyl (C=O) groups is 1. The Hall–Kier alpha value is -0.570. The fourth-order valence-corrected chi connectivity index (χ4v) is 2.57. The highest BCUT2D eigenvalue weighted by Gasteiger charge is 2.33. The van der Waals surface area contributed by atoms with Crippen LogP contribution in [0.1, 0.15) is 45.4 Å². The summed E-state index contributed by atoms with van der Waals surface area (Å²) in [6.45, 7) is 3.17. The smallest absolute Gasteiger partial charge is 0.237 e. The third-order valence-electron chi connectivity index (χ3n) is 3.51. The molecule has 0 aromatic rings. The molecule has 0 unspecified atom stereocenters. The van der Waals surface area contributed by atoms with Crippen molar-refractivity contribution in [2.45, 2.75) is 57.0 Å². The van der Waals surface area contributed by atoms with E-state index >= 15 is 0 Å². The van der Waals surface area contributed by atoms with E-state index < -0.39 is 0 Å². The summed E-state index contributed by atoms with van der Waals surface area (Å²) in [6, 6.07) is 0.0763. The number of hydrogen-bond donors (Lipinski definition) is 2. The van der Waals surface area contributed by atoms with Crippen LogP contribution in [0.25, 0.3) is 0 Å². The van der Waals surface area contributed by atoms with Gasteiger partial charge in [-0.3, -0.25) is 4.79 Å². The third-order valence-corrected chi connectivity index (χ3v) is 3.51. The summed E-state index contributed by atoms with van der Waals surface area (Å²) in [7, 11) is 0. The molecular weight excluding hydrogens is 176 g/mol. The van der Waals surface area contributed by atoms with E-state index in [0.29, 0.717) is 0 Å². The maximum Gasteiger partial charge on any atom is 0.237 e. The standard InChI is InChI=1S/C11H20N2O/c1-11(6-2-3-7-11)13-10(14)9-5-4-8-12-9/h9,12H,2-8H2,1H3,(H,13,14)/t9-/m1/s1. The molecule has 1 aliphatic heterocycles. The van der Waals surface area contributed by atoms with E-state index in [1.54, 1.807) is 0 Å². The van der Waals surface area contributed by atoms with Crippen molar-refractivity contribution >= 4 is 5.91 Å². The molecule has 3 heteroatoms. The van der Waals surface area contributed by atoms with Crippen molar-refractivity contribution in [1.29, 1.82) is 0 Å². The van der Waals surface area contributed by atoms with Gasteiger partial charge in [-0.15, -0.1) is 0 Å². The van der Waals surface area contributed by atoms with Gasteiger partial charge in [0.1, 0.15) is 0 Å². The molecule has 0 spiro atoms. The highest BCUT2D eigenvalue weighted by Crippen LogP contribution is 2.29. The van der Waals surface area contributed by atoms with Crippen molar-refractivity contribution in [2.75, 3.05) is 6.54 Å². The van der Waals surface area contributed by atoms with E-state index in [2.05, 4.69) is 17.6 Å². The van der Waals surface area contributed by atoms with Gasteiger partial charge in [-0.1, -0.05) is 12.8 Å². The number of nitrogens with one attached hydrogen (secondary N) is 2. The molecule has 0 aromatic heterocycles. The summed E-state index contributed by atoms with van der Waals surface area (Å²) >= 11 is 0. The van der Waals surface area contributed by atoms with Gasteiger partial charge in [0.15, 0.2) is 0 Å². The first kappa shape index (κ1) is 9.97. The average Bonchev–Trinajstić information content (AvgIpc) is 2.74. The van der Waals surface area contributed by atoms with Gasteiger partial charge in [0.05, 0.1) is 6.04 Å². The third kappa shape index (κ3) is 2.08. The Bertz CT molecular complexity index is 215. The normalized spacial score (nSPS) is 30.5. The number of rotatable bonds is 2. The summed E-state index contributed by atoms with van der Waals surface area (Å²) in [5, 5.41) is 6.43. The van der Waals surface area contributed by atoms with Crippen LogP contribution in [-0.4, -0.2) is 24.0 Å². The first-order valence-electron chi connectivity index (χ1n) is 5.75. The predicted octanol–water partition coefficient (Wildman–Crippen LogP) is 1.19. The lowest BCUT2D eigenvalue weighted by atomic mass is 10.00. The molecule has 3 nitrogen and oxygen atoms in total. The largest absolute Gasteiger partial charge is 0.350 e. The maximum atomic E-state index is 11.8. The van der Waals surface area contributed by atoms with Crippen LogP contribution in [0.5, 0.6) is 0 Å². The fourth-order valence-electron chi connectivity index (χ4n) is 2.57. The number of carbonyl (C=O) groups excluding carboxylic acids is 1. The number of amides is 1. The van der Waals surface area contributed by atoms with Crippen LogP contribution < -0.4 is 10.6 Å². The lowest BCUT2D eigenvalue weighted by molar-refractivity contribution is -0.124. The average molecular weight is 196 g/mol. The second-order valence-electron chi connectivity index (χ2n) is 4.91. The minimum atomic E-state index is 0.0763. The second kappa shape index (κ2) is 3.89. The van der Waals surface area contributed by atoms with Gasteiger partial charge in [-0.05, 0) is 39.2 Å². The number of hydrogen-bond acceptors (Lipinski definition) is 2. The lowest BCUT2D eigenvalue weighted by Gasteiger charge is -2.27. The Kier molecular flexibility index (Phi) is 2.77. The first-order valence-corrected chi connectivity index (χ1v) is 5.75. The van der Waals surface area contributed by atoms with E-state index in [1.165, 1.54) is 12.8 Å². The van der Waals surface area contributed by atoms with Gasteiger partial charge < -0.3 is 10.6 Å². The Morgan fingerprint density at radius 2 is 2.07 bits per heavy atom. The van der Waals surface area contributed by atoms with Gasteiger partial charge in [0, 0.05) is 5.54 Å². The van der Waals surface area contributed by atoms with Gasteiger partial charge in [-0.2, -0.15) is 0 Å². The fraction of sp³-hybridized carbons (Fsp3) is 0.909. The molecule has 0 aromatic carbocycles. The van der Waals surface area contributed by atoms with E-state index in [4.69, 9.17) is 0 Å². The molecule has 80 valence electrons. The Morgan fingerprint density at radius 1 is 1.36 bits per heavy atom. The molecule has 1 atom stereocenters. The first-order chi connectivity index (χ1) is 6.70. The van der Waals surface area contributed by atoms with Gasteiger partial charge in [-0.25, -0.2) is 0 Å². The highest BCUT2D eigenvalue weighted by molar-refractivity contribution is 5.82. The van der Waals surface area contributed by atoms with E-state index in [9.17, 15) is 4.79 Å². The highest BCUT2D eigenvalue weighted by atomic mass is 16.2. The lowest BCUT2D eigenvalue weighted by Crippen LogP contribution is -2.50. The molecule has 14 heavy (non-hydrogen) atoms. The van der Waals surface area contributed by atoms with Crippen molar-refractivity contribution in [3.63, 3.8) is 0 Å². The quantitative estimate of drug-likeness (QED) is 0.696. The van der Waals surface area contributed by atoms with Crippen molar-refractivity contribution in [2.24, 2.45) is 0 Å². The van der Waals surface area contributed by atoms with Crippen LogP contribution >= 0.6 is 0 Å². The Labute approximate surface area is 85.6 Å². The zero-order chi connectivity index (χ0) is 10.0. The summed E-state index contributed by atoms with van der Waals surface area (Å²) in [4.78, 5) is 11.8. The van der Waals surface area contributed by atoms with Crippen LogP contribution in [0.15, 0.2) is 0 Å². The predicted molar refractivity (Wildman–Crippen MR) is 56.0 cm³/mol.